The smallest absolute Gasteiger partial charge is 0.370 e. The number of esters is 1. The van der Waals surface area contributed by atoms with Crippen molar-refractivity contribution >= 4 is 52.2 Å². The van der Waals surface area contributed by atoms with E-state index in [1.54, 1.807) is 24.9 Å². The molecule has 0 saturated heterocycles. The highest BCUT2D eigenvalue weighted by Crippen LogP contribution is 2.35. The summed E-state index contributed by atoms with van der Waals surface area (Å²) in [5.41, 5.74) is 3.87. The van der Waals surface area contributed by atoms with Crippen molar-refractivity contribution in [3.8, 4) is 0 Å². The van der Waals surface area contributed by atoms with E-state index >= 15 is 0 Å². The summed E-state index contributed by atoms with van der Waals surface area (Å²) in [6.45, 7) is 12.3. The molecule has 196 valence electrons. The molecule has 0 bridgehead atoms. The number of benzene rings is 1. The quantitative estimate of drug-likeness (QED) is 0.165. The van der Waals surface area contributed by atoms with Crippen LogP contribution >= 0.6 is 23.4 Å². The van der Waals surface area contributed by atoms with Gasteiger partial charge in [0.05, 0.1) is 17.8 Å². The highest BCUT2D eigenvalue weighted by Gasteiger charge is 2.25. The predicted molar refractivity (Wildman–Crippen MR) is 146 cm³/mol. The van der Waals surface area contributed by atoms with Crippen molar-refractivity contribution < 1.29 is 23.8 Å². The topological polar surface area (TPSA) is 92.0 Å². The molecule has 0 aliphatic carbocycles. The van der Waals surface area contributed by atoms with E-state index in [-0.39, 0.29) is 11.2 Å². The largest absolute Gasteiger partial charge is 0.468 e. The van der Waals surface area contributed by atoms with Gasteiger partial charge in [0.15, 0.2) is 5.76 Å². The normalized spacial score (nSPS) is 13.4. The van der Waals surface area contributed by atoms with Crippen molar-refractivity contribution in [2.24, 2.45) is 4.99 Å². The second-order valence-corrected chi connectivity index (χ2v) is 10.2. The molecule has 0 saturated carbocycles. The van der Waals surface area contributed by atoms with E-state index in [0.29, 0.717) is 46.0 Å². The molecule has 0 spiro atoms. The summed E-state index contributed by atoms with van der Waals surface area (Å²) in [5.74, 6) is -0.318. The second kappa shape index (κ2) is 13.0. The van der Waals surface area contributed by atoms with Crippen LogP contribution in [-0.2, 0) is 31.0 Å². The number of carbonyl (C=O) groups is 2. The Morgan fingerprint density at radius 2 is 1.86 bits per heavy atom. The Kier molecular flexibility index (Phi) is 10.6. The zero-order chi connectivity index (χ0) is 27.0. The first-order valence-corrected chi connectivity index (χ1v) is 12.9. The van der Waals surface area contributed by atoms with Crippen LogP contribution in [0.2, 0.25) is 5.02 Å². The third kappa shape index (κ3) is 7.61. The van der Waals surface area contributed by atoms with Gasteiger partial charge in [-0.15, -0.1) is 0 Å². The molecule has 8 nitrogen and oxygen atoms in total. The maximum Gasteiger partial charge on any atom is 0.370 e. The number of aryl methyl sites for hydroxylation is 2. The van der Waals surface area contributed by atoms with Crippen LogP contribution in [0.15, 0.2) is 29.3 Å². The first kappa shape index (κ1) is 29.5. The van der Waals surface area contributed by atoms with Crippen LogP contribution in [-0.4, -0.2) is 53.5 Å². The van der Waals surface area contributed by atoms with Gasteiger partial charge in [-0.25, -0.2) is 4.79 Å². The number of aliphatic imine (C=N–C) groups is 1. The van der Waals surface area contributed by atoms with Crippen LogP contribution in [0.4, 0.5) is 4.79 Å². The Morgan fingerprint density at radius 1 is 1.22 bits per heavy atom. The van der Waals surface area contributed by atoms with Crippen LogP contribution in [0.1, 0.15) is 57.1 Å². The number of aromatic nitrogens is 2. The molecule has 1 unspecified atom stereocenters. The van der Waals surface area contributed by atoms with Gasteiger partial charge in [-0.3, -0.25) is 14.5 Å². The van der Waals surface area contributed by atoms with Gasteiger partial charge in [0.2, 0.25) is 6.29 Å². The standard InChI is InChI=1S/C26H34ClN3O5S/c1-9-30-23(22(27)16(2)29-30)24(34-17(3)35-25(32)36-15-21(31)33-8)20(14-28-7)18-10-12-19(13-11-18)26(4,5)6/h10-14,17H,9,15H2,1-8H3/b24-20-,28-14?. The molecule has 10 heteroatoms. The zero-order valence-electron chi connectivity index (χ0n) is 22.0. The third-order valence-electron chi connectivity index (χ3n) is 5.22. The predicted octanol–water partition coefficient (Wildman–Crippen LogP) is 6.14. The summed E-state index contributed by atoms with van der Waals surface area (Å²) in [4.78, 5) is 27.9. The lowest BCUT2D eigenvalue weighted by Crippen LogP contribution is -2.18. The molecule has 0 aliphatic rings. The van der Waals surface area contributed by atoms with Gasteiger partial charge in [-0.1, -0.05) is 56.6 Å². The first-order valence-electron chi connectivity index (χ1n) is 11.5. The van der Waals surface area contributed by atoms with Gasteiger partial charge in [0.1, 0.15) is 11.4 Å². The summed E-state index contributed by atoms with van der Waals surface area (Å²) in [6, 6.07) is 8.12. The van der Waals surface area contributed by atoms with Crippen LogP contribution in [0.25, 0.3) is 11.3 Å². The minimum atomic E-state index is -0.997. The number of methoxy groups -OCH3 is 1. The van der Waals surface area contributed by atoms with Crippen LogP contribution < -0.4 is 0 Å². The third-order valence-corrected chi connectivity index (χ3v) is 6.38. The number of allylic oxidation sites excluding steroid dienone is 1. The summed E-state index contributed by atoms with van der Waals surface area (Å²) < 4.78 is 17.9. The zero-order valence-corrected chi connectivity index (χ0v) is 23.6. The fourth-order valence-corrected chi connectivity index (χ4v) is 4.11. The van der Waals surface area contributed by atoms with Gasteiger partial charge >= 0.3 is 11.3 Å². The molecule has 0 N–H and O–H groups in total. The maximum absolute atomic E-state index is 12.2. The monoisotopic (exact) mass is 535 g/mol. The minimum absolute atomic E-state index is 0.00753. The van der Waals surface area contributed by atoms with Gasteiger partial charge in [0, 0.05) is 32.3 Å². The number of thioether (sulfide) groups is 1. The van der Waals surface area contributed by atoms with Crippen molar-refractivity contribution in [2.75, 3.05) is 19.9 Å². The van der Waals surface area contributed by atoms with Gasteiger partial charge in [-0.05, 0) is 42.2 Å². The minimum Gasteiger partial charge on any atom is -0.468 e. The van der Waals surface area contributed by atoms with Crippen LogP contribution in [0.3, 0.4) is 0 Å². The Morgan fingerprint density at radius 3 is 2.39 bits per heavy atom. The number of nitrogens with zero attached hydrogens (tertiary/aromatic N) is 3. The van der Waals surface area contributed by atoms with E-state index in [1.807, 2.05) is 26.0 Å². The van der Waals surface area contributed by atoms with Crippen molar-refractivity contribution in [2.45, 2.75) is 59.8 Å². The Balaban J connectivity index is 2.57. The highest BCUT2D eigenvalue weighted by atomic mass is 35.5. The van der Waals surface area contributed by atoms with E-state index in [0.717, 1.165) is 5.56 Å². The maximum atomic E-state index is 12.2. The van der Waals surface area contributed by atoms with Crippen molar-refractivity contribution in [1.82, 2.24) is 9.78 Å². The molecular formula is C26H34ClN3O5S. The summed E-state index contributed by atoms with van der Waals surface area (Å²) in [5, 5.41) is 4.28. The molecule has 0 amide bonds. The summed E-state index contributed by atoms with van der Waals surface area (Å²) in [6.07, 6.45) is 0.684. The molecule has 36 heavy (non-hydrogen) atoms. The Bertz CT molecular complexity index is 1130. The number of carbonyl (C=O) groups excluding carboxylic acids is 2. The Hall–Kier alpha value is -2.78. The average molecular weight is 536 g/mol. The molecule has 1 atom stereocenters. The molecule has 1 aromatic carbocycles. The van der Waals surface area contributed by atoms with E-state index < -0.39 is 17.6 Å². The lowest BCUT2D eigenvalue weighted by Gasteiger charge is -2.22. The summed E-state index contributed by atoms with van der Waals surface area (Å²) >= 11 is 7.38. The molecule has 0 radical (unpaired) electrons. The number of hydrogen-bond acceptors (Lipinski definition) is 8. The van der Waals surface area contributed by atoms with Crippen molar-refractivity contribution in [3.63, 3.8) is 0 Å². The fraction of sp³-hybridized carbons (Fsp3) is 0.462. The van der Waals surface area contributed by atoms with Gasteiger partial charge in [-0.2, -0.15) is 5.10 Å². The van der Waals surface area contributed by atoms with E-state index in [4.69, 9.17) is 21.1 Å². The second-order valence-electron chi connectivity index (χ2n) is 8.94. The van der Waals surface area contributed by atoms with Crippen molar-refractivity contribution in [1.29, 1.82) is 0 Å². The molecule has 1 heterocycles. The number of halogens is 1. The summed E-state index contributed by atoms with van der Waals surface area (Å²) in [7, 11) is 2.92. The van der Waals surface area contributed by atoms with Gasteiger partial charge in [0.25, 0.3) is 0 Å². The molecule has 0 aliphatic heterocycles. The Labute approximate surface area is 222 Å². The molecule has 0 fully saturated rings. The van der Waals surface area contributed by atoms with Crippen molar-refractivity contribution in [3.05, 3.63) is 51.8 Å². The lowest BCUT2D eigenvalue weighted by atomic mass is 9.86. The van der Waals surface area contributed by atoms with Crippen LogP contribution in [0.5, 0.6) is 0 Å². The SMILES string of the molecule is CCn1nc(C)c(Cl)c1/C(OC(C)OC(=O)SCC(=O)OC)=C(\C=NC)c1ccc(C(C)(C)C)cc1. The van der Waals surface area contributed by atoms with E-state index in [9.17, 15) is 9.59 Å². The molecular weight excluding hydrogens is 502 g/mol. The molecule has 2 rings (SSSR count). The first-order chi connectivity index (χ1) is 16.9. The van der Waals surface area contributed by atoms with E-state index in [1.165, 1.54) is 12.7 Å². The van der Waals surface area contributed by atoms with Gasteiger partial charge < -0.3 is 14.2 Å². The molecule has 1 aromatic heterocycles. The average Bonchev–Trinajstić information content (AvgIpc) is 3.12. The highest BCUT2D eigenvalue weighted by molar-refractivity contribution is 8.13. The number of hydrogen-bond donors (Lipinski definition) is 0. The number of rotatable bonds is 9. The fourth-order valence-electron chi connectivity index (χ4n) is 3.33. The van der Waals surface area contributed by atoms with E-state index in [2.05, 4.69) is 47.7 Å². The van der Waals surface area contributed by atoms with Crippen LogP contribution in [0, 0.1) is 6.92 Å². The lowest BCUT2D eigenvalue weighted by molar-refractivity contribution is -0.137. The number of ether oxygens (including phenoxy) is 3. The molecule has 2 aromatic rings.